The Morgan fingerprint density at radius 2 is 1.70 bits per heavy atom. The Morgan fingerprint density at radius 3 is 2.22 bits per heavy atom. The molecule has 2 fully saturated rings. The summed E-state index contributed by atoms with van der Waals surface area (Å²) >= 11 is 0. The van der Waals surface area contributed by atoms with E-state index >= 15 is 0 Å². The van der Waals surface area contributed by atoms with Crippen LogP contribution in [0.15, 0.2) is 35.0 Å². The summed E-state index contributed by atoms with van der Waals surface area (Å²) in [4.78, 5) is 32.7. The van der Waals surface area contributed by atoms with Crippen LogP contribution in [0, 0.1) is 6.92 Å². The molecular weight excluding hydrogens is 372 g/mol. The van der Waals surface area contributed by atoms with Crippen LogP contribution < -0.4 is 0 Å². The highest BCUT2D eigenvalue weighted by atomic mass is 32.2. The first-order chi connectivity index (χ1) is 12.9. The van der Waals surface area contributed by atoms with Crippen LogP contribution in [0.3, 0.4) is 0 Å². The van der Waals surface area contributed by atoms with Gasteiger partial charge < -0.3 is 14.3 Å². The Balaban J connectivity index is 1.63. The molecule has 2 aromatic heterocycles. The minimum Gasteiger partial charge on any atom is -0.361 e. The van der Waals surface area contributed by atoms with Crippen LogP contribution in [-0.4, -0.2) is 76.9 Å². The third-order valence-electron chi connectivity index (χ3n) is 4.93. The van der Waals surface area contributed by atoms with Crippen LogP contribution >= 0.6 is 0 Å². The topological polar surface area (TPSA) is 114 Å². The van der Waals surface area contributed by atoms with Gasteiger partial charge in [0.15, 0.2) is 15.5 Å². The molecule has 2 amide bonds. The number of aromatic nitrogens is 2. The van der Waals surface area contributed by atoms with Crippen LogP contribution in [0.2, 0.25) is 0 Å². The first-order valence-corrected chi connectivity index (χ1v) is 10.3. The summed E-state index contributed by atoms with van der Waals surface area (Å²) in [5, 5.41) is 3.74. The van der Waals surface area contributed by atoms with Crippen molar-refractivity contribution in [3.05, 3.63) is 47.6 Å². The average Bonchev–Trinajstić information content (AvgIpc) is 3.22. The zero-order valence-electron chi connectivity index (χ0n) is 14.6. The Bertz CT molecular complexity index is 988. The first-order valence-electron chi connectivity index (χ1n) is 8.52. The summed E-state index contributed by atoms with van der Waals surface area (Å²) in [6, 6.07) is 5.31. The quantitative estimate of drug-likeness (QED) is 0.717. The van der Waals surface area contributed by atoms with Crippen molar-refractivity contribution in [1.82, 2.24) is 19.9 Å². The number of amides is 2. The average molecular weight is 390 g/mol. The lowest BCUT2D eigenvalue weighted by atomic mass is 10.0. The summed E-state index contributed by atoms with van der Waals surface area (Å²) in [5.74, 6) is -0.557. The smallest absolute Gasteiger partial charge is 0.276 e. The molecule has 4 heterocycles. The zero-order valence-corrected chi connectivity index (χ0v) is 15.4. The predicted molar refractivity (Wildman–Crippen MR) is 93.8 cm³/mol. The number of hydrogen-bond acceptors (Lipinski definition) is 7. The minimum absolute atomic E-state index is 0.139. The third kappa shape index (κ3) is 3.20. The number of piperazine rings is 1. The molecule has 142 valence electrons. The third-order valence-corrected chi connectivity index (χ3v) is 6.63. The number of hydrogen-bond donors (Lipinski definition) is 0. The van der Waals surface area contributed by atoms with E-state index in [2.05, 4.69) is 10.1 Å². The number of nitrogens with zero attached hydrogens (tertiary/aromatic N) is 4. The van der Waals surface area contributed by atoms with E-state index in [0.29, 0.717) is 5.76 Å². The molecular formula is C17H18N4O5S. The fourth-order valence-electron chi connectivity index (χ4n) is 3.71. The van der Waals surface area contributed by atoms with Gasteiger partial charge in [-0.05, 0) is 19.1 Å². The number of aryl methyl sites for hydroxylation is 1. The second-order valence-electron chi connectivity index (χ2n) is 6.75. The fourth-order valence-corrected chi connectivity index (χ4v) is 5.69. The van der Waals surface area contributed by atoms with E-state index < -0.39 is 21.9 Å². The van der Waals surface area contributed by atoms with Gasteiger partial charge in [0.05, 0.1) is 23.6 Å². The van der Waals surface area contributed by atoms with E-state index in [9.17, 15) is 18.0 Å². The highest BCUT2D eigenvalue weighted by molar-refractivity contribution is 7.91. The maximum absolute atomic E-state index is 12.8. The van der Waals surface area contributed by atoms with Gasteiger partial charge in [0.25, 0.3) is 11.8 Å². The largest absolute Gasteiger partial charge is 0.361 e. The number of rotatable bonds is 2. The van der Waals surface area contributed by atoms with Crippen molar-refractivity contribution >= 4 is 21.7 Å². The molecule has 10 heteroatoms. The van der Waals surface area contributed by atoms with Gasteiger partial charge in [0, 0.05) is 25.4 Å². The number of sulfone groups is 1. The van der Waals surface area contributed by atoms with Gasteiger partial charge in [-0.1, -0.05) is 11.2 Å². The van der Waals surface area contributed by atoms with Crippen LogP contribution in [0.25, 0.3) is 0 Å². The maximum atomic E-state index is 12.8. The summed E-state index contributed by atoms with van der Waals surface area (Å²) < 4.78 is 29.5. The van der Waals surface area contributed by atoms with Gasteiger partial charge in [-0.15, -0.1) is 0 Å². The normalized spacial score (nSPS) is 23.9. The maximum Gasteiger partial charge on any atom is 0.276 e. The van der Waals surface area contributed by atoms with Crippen molar-refractivity contribution in [1.29, 1.82) is 0 Å². The monoisotopic (exact) mass is 390 g/mol. The van der Waals surface area contributed by atoms with Crippen molar-refractivity contribution in [3.63, 3.8) is 0 Å². The molecule has 2 saturated heterocycles. The SMILES string of the molecule is Cc1cc(C(=O)N2CCN(C(=O)c3ccccn3)[C@@H]3CS(=O)(=O)C[C@@H]32)no1. The molecule has 0 spiro atoms. The molecule has 0 bridgehead atoms. The molecule has 0 saturated carbocycles. The first kappa shape index (κ1) is 17.7. The van der Waals surface area contributed by atoms with Gasteiger partial charge in [0.2, 0.25) is 0 Å². The lowest BCUT2D eigenvalue weighted by molar-refractivity contribution is 0.0273. The number of carbonyl (C=O) groups excluding carboxylic acids is 2. The van der Waals surface area contributed by atoms with Crippen LogP contribution in [0.5, 0.6) is 0 Å². The molecule has 2 aromatic rings. The minimum atomic E-state index is -3.37. The number of carbonyl (C=O) groups is 2. The summed E-state index contributed by atoms with van der Waals surface area (Å²) in [7, 11) is -3.37. The molecule has 4 rings (SSSR count). The molecule has 0 aliphatic carbocycles. The van der Waals surface area contributed by atoms with Gasteiger partial charge in [-0.3, -0.25) is 14.6 Å². The Hall–Kier alpha value is -2.75. The highest BCUT2D eigenvalue weighted by Gasteiger charge is 2.50. The van der Waals surface area contributed by atoms with Gasteiger partial charge in [-0.2, -0.15) is 0 Å². The lowest BCUT2D eigenvalue weighted by Gasteiger charge is -2.43. The summed E-state index contributed by atoms with van der Waals surface area (Å²) in [6.07, 6.45) is 1.52. The highest BCUT2D eigenvalue weighted by Crippen LogP contribution is 2.29. The molecule has 2 aliphatic heterocycles. The Morgan fingerprint density at radius 1 is 1.07 bits per heavy atom. The van der Waals surface area contributed by atoms with Crippen LogP contribution in [0.1, 0.15) is 26.7 Å². The molecule has 0 unspecified atom stereocenters. The molecule has 0 radical (unpaired) electrons. The van der Waals surface area contributed by atoms with Crippen LogP contribution in [0.4, 0.5) is 0 Å². The second-order valence-corrected chi connectivity index (χ2v) is 8.90. The molecule has 0 N–H and O–H groups in total. The second kappa shape index (κ2) is 6.45. The summed E-state index contributed by atoms with van der Waals surface area (Å²) in [5.41, 5.74) is 0.396. The molecule has 27 heavy (non-hydrogen) atoms. The molecule has 2 atom stereocenters. The van der Waals surface area contributed by atoms with Gasteiger partial charge >= 0.3 is 0 Å². The van der Waals surface area contributed by atoms with E-state index in [4.69, 9.17) is 4.52 Å². The zero-order chi connectivity index (χ0) is 19.2. The summed E-state index contributed by atoms with van der Waals surface area (Å²) in [6.45, 7) is 2.13. The standard InChI is InChI=1S/C17H18N4O5S/c1-11-8-13(19-26-11)17(23)21-7-6-20(14-9-27(24,25)10-15(14)21)16(22)12-4-2-3-5-18-12/h2-5,8,14-15H,6-7,9-10H2,1H3/t14-,15+/m1/s1. The fraction of sp³-hybridized carbons (Fsp3) is 0.412. The van der Waals surface area contributed by atoms with E-state index in [-0.39, 0.29) is 47.8 Å². The van der Waals surface area contributed by atoms with Gasteiger partial charge in [-0.25, -0.2) is 8.42 Å². The van der Waals surface area contributed by atoms with Crippen LogP contribution in [-0.2, 0) is 9.84 Å². The van der Waals surface area contributed by atoms with Gasteiger partial charge in [0.1, 0.15) is 11.5 Å². The number of fused-ring (bicyclic) bond motifs is 1. The molecule has 9 nitrogen and oxygen atoms in total. The van der Waals surface area contributed by atoms with E-state index in [1.54, 1.807) is 25.1 Å². The van der Waals surface area contributed by atoms with E-state index in [0.717, 1.165) is 0 Å². The van der Waals surface area contributed by atoms with Crippen molar-refractivity contribution in [3.8, 4) is 0 Å². The van der Waals surface area contributed by atoms with Crippen molar-refractivity contribution in [2.45, 2.75) is 19.0 Å². The lowest BCUT2D eigenvalue weighted by Crippen LogP contribution is -2.62. The van der Waals surface area contributed by atoms with Crippen molar-refractivity contribution in [2.24, 2.45) is 0 Å². The van der Waals surface area contributed by atoms with Crippen molar-refractivity contribution in [2.75, 3.05) is 24.6 Å². The molecule has 2 aliphatic rings. The Labute approximate surface area is 155 Å². The molecule has 0 aromatic carbocycles. The predicted octanol–water partition coefficient (Wildman–Crippen LogP) is 0.142. The van der Waals surface area contributed by atoms with E-state index in [1.807, 2.05) is 0 Å². The van der Waals surface area contributed by atoms with Crippen molar-refractivity contribution < 1.29 is 22.5 Å². The van der Waals surface area contributed by atoms with E-state index in [1.165, 1.54) is 22.1 Å². The Kier molecular flexibility index (Phi) is 4.22. The number of pyridine rings is 1.